The van der Waals surface area contributed by atoms with Crippen molar-refractivity contribution >= 4 is 11.6 Å². The van der Waals surface area contributed by atoms with Crippen LogP contribution in [0.4, 0.5) is 13.2 Å². The van der Waals surface area contributed by atoms with Crippen molar-refractivity contribution in [1.82, 2.24) is 20.9 Å². The van der Waals surface area contributed by atoms with Crippen LogP contribution in [0.3, 0.4) is 0 Å². The molecule has 1 aliphatic carbocycles. The van der Waals surface area contributed by atoms with Crippen LogP contribution in [-0.2, 0) is 6.18 Å². The molecule has 3 rings (SSSR count). The number of nitrogens with zero attached hydrogens (tertiary/aromatic N) is 1. The Morgan fingerprint density at radius 2 is 2.00 bits per heavy atom. The second-order valence-corrected chi connectivity index (χ2v) is 7.57. The van der Waals surface area contributed by atoms with Crippen LogP contribution in [-0.4, -0.2) is 46.4 Å². The predicted octanol–water partition coefficient (Wildman–Crippen LogP) is 1.89. The highest BCUT2D eigenvalue weighted by molar-refractivity contribution is 6.11. The first-order valence-corrected chi connectivity index (χ1v) is 9.23. The van der Waals surface area contributed by atoms with E-state index in [-0.39, 0.29) is 23.0 Å². The molecule has 0 saturated carbocycles. The first kappa shape index (κ1) is 21.7. The Kier molecular flexibility index (Phi) is 5.82. The van der Waals surface area contributed by atoms with Crippen molar-refractivity contribution in [2.45, 2.75) is 31.7 Å². The van der Waals surface area contributed by atoms with Gasteiger partial charge in [0.05, 0.1) is 17.4 Å². The van der Waals surface area contributed by atoms with Crippen LogP contribution in [0.25, 0.3) is 0 Å². The number of aliphatic hydroxyl groups is 1. The lowest BCUT2D eigenvalue weighted by Crippen LogP contribution is -2.53. The summed E-state index contributed by atoms with van der Waals surface area (Å²) in [7, 11) is 0. The predicted molar refractivity (Wildman–Crippen MR) is 105 cm³/mol. The number of halogens is 3. The second kappa shape index (κ2) is 8.04. The SMILES string of the molecule is CC(C)(O)C1=CC(=N)/C(=C\NC2CNC2)C=C1NC(=O)c1cccc(C(F)(F)F)n1. The number of pyridine rings is 1. The van der Waals surface area contributed by atoms with Crippen molar-refractivity contribution in [1.29, 1.82) is 5.41 Å². The van der Waals surface area contributed by atoms with Crippen molar-refractivity contribution in [3.05, 3.63) is 64.8 Å². The molecular weight excluding hydrogens is 399 g/mol. The minimum atomic E-state index is -4.68. The summed E-state index contributed by atoms with van der Waals surface area (Å²) < 4.78 is 38.7. The van der Waals surface area contributed by atoms with Crippen LogP contribution < -0.4 is 16.0 Å². The van der Waals surface area contributed by atoms with E-state index in [0.717, 1.165) is 25.2 Å². The maximum Gasteiger partial charge on any atom is 0.433 e. The molecule has 1 saturated heterocycles. The van der Waals surface area contributed by atoms with Gasteiger partial charge in [-0.25, -0.2) is 4.98 Å². The van der Waals surface area contributed by atoms with Gasteiger partial charge in [0.2, 0.25) is 0 Å². The summed E-state index contributed by atoms with van der Waals surface area (Å²) in [4.78, 5) is 16.0. The number of hydrogen-bond acceptors (Lipinski definition) is 6. The van der Waals surface area contributed by atoms with Gasteiger partial charge in [-0.2, -0.15) is 13.2 Å². The van der Waals surface area contributed by atoms with Crippen LogP contribution in [0.15, 0.2) is 53.4 Å². The van der Waals surface area contributed by atoms with Gasteiger partial charge >= 0.3 is 6.18 Å². The van der Waals surface area contributed by atoms with E-state index in [1.54, 1.807) is 6.20 Å². The number of aromatic nitrogens is 1. The Morgan fingerprint density at radius 1 is 1.30 bits per heavy atom. The molecule has 0 spiro atoms. The van der Waals surface area contributed by atoms with E-state index in [1.165, 1.54) is 32.1 Å². The first-order chi connectivity index (χ1) is 13.9. The van der Waals surface area contributed by atoms with Gasteiger partial charge in [-0.3, -0.25) is 4.79 Å². The smallest absolute Gasteiger partial charge is 0.386 e. The van der Waals surface area contributed by atoms with Gasteiger partial charge in [0.25, 0.3) is 5.91 Å². The highest BCUT2D eigenvalue weighted by Gasteiger charge is 2.33. The van der Waals surface area contributed by atoms with E-state index in [9.17, 15) is 23.1 Å². The highest BCUT2D eigenvalue weighted by Crippen LogP contribution is 2.29. The van der Waals surface area contributed by atoms with Crippen LogP contribution >= 0.6 is 0 Å². The average Bonchev–Trinajstić information content (AvgIpc) is 2.61. The van der Waals surface area contributed by atoms with Crippen molar-refractivity contribution in [3.63, 3.8) is 0 Å². The molecule has 1 fully saturated rings. The molecule has 5 N–H and O–H groups in total. The summed E-state index contributed by atoms with van der Waals surface area (Å²) in [5.74, 6) is -0.855. The number of hydrogen-bond donors (Lipinski definition) is 5. The lowest BCUT2D eigenvalue weighted by Gasteiger charge is -2.29. The summed E-state index contributed by atoms with van der Waals surface area (Å²) in [6.07, 6.45) is -0.117. The molecule has 0 unspecified atom stereocenters. The zero-order valence-electron chi connectivity index (χ0n) is 16.4. The zero-order chi connectivity index (χ0) is 22.1. The van der Waals surface area contributed by atoms with Gasteiger partial charge < -0.3 is 26.5 Å². The normalized spacial score (nSPS) is 19.1. The Hall–Kier alpha value is -2.98. The zero-order valence-corrected chi connectivity index (χ0v) is 16.4. The molecule has 1 aliphatic heterocycles. The third kappa shape index (κ3) is 4.95. The average molecular weight is 421 g/mol. The van der Waals surface area contributed by atoms with Crippen molar-refractivity contribution in [2.24, 2.45) is 0 Å². The molecule has 0 atom stereocenters. The third-order valence-electron chi connectivity index (χ3n) is 4.63. The Labute approximate surface area is 171 Å². The summed E-state index contributed by atoms with van der Waals surface area (Å²) in [5.41, 5.74) is -1.96. The summed E-state index contributed by atoms with van der Waals surface area (Å²) in [6.45, 7) is 4.55. The molecule has 30 heavy (non-hydrogen) atoms. The summed E-state index contributed by atoms with van der Waals surface area (Å²) in [6, 6.07) is 3.28. The number of allylic oxidation sites excluding steroid dienone is 3. The molecule has 1 aromatic heterocycles. The van der Waals surface area contributed by atoms with Gasteiger partial charge in [-0.1, -0.05) is 6.07 Å². The van der Waals surface area contributed by atoms with E-state index in [0.29, 0.717) is 5.57 Å². The Morgan fingerprint density at radius 3 is 2.57 bits per heavy atom. The van der Waals surface area contributed by atoms with Gasteiger partial charge in [-0.05, 0) is 38.1 Å². The highest BCUT2D eigenvalue weighted by atomic mass is 19.4. The number of nitrogens with one attached hydrogen (secondary N) is 4. The maximum atomic E-state index is 12.9. The number of carbonyl (C=O) groups excluding carboxylic acids is 1. The molecule has 1 aromatic rings. The topological polar surface area (TPSA) is 110 Å². The Balaban J connectivity index is 1.88. The van der Waals surface area contributed by atoms with E-state index in [1.807, 2.05) is 0 Å². The third-order valence-corrected chi connectivity index (χ3v) is 4.63. The van der Waals surface area contributed by atoms with Crippen LogP contribution in [0.2, 0.25) is 0 Å². The van der Waals surface area contributed by atoms with Gasteiger partial charge in [0, 0.05) is 36.1 Å². The standard InChI is InChI=1S/C20H22F3N5O2/c1-19(2,30)13-7-14(24)11(8-26-12-9-25-10-12)6-16(13)28-18(29)15-4-3-5-17(27-15)20(21,22)23/h3-8,12,24-26,30H,9-10H2,1-2H3,(H,28,29)/b11-8-,24-14?. The molecule has 0 bridgehead atoms. The van der Waals surface area contributed by atoms with E-state index >= 15 is 0 Å². The summed E-state index contributed by atoms with van der Waals surface area (Å²) >= 11 is 0. The second-order valence-electron chi connectivity index (χ2n) is 7.57. The molecule has 2 aliphatic rings. The molecule has 1 amide bonds. The first-order valence-electron chi connectivity index (χ1n) is 9.23. The monoisotopic (exact) mass is 421 g/mol. The quantitative estimate of drug-likeness (QED) is 0.499. The minimum Gasteiger partial charge on any atom is -0.386 e. The van der Waals surface area contributed by atoms with Crippen LogP contribution in [0.1, 0.15) is 30.0 Å². The lowest BCUT2D eigenvalue weighted by molar-refractivity contribution is -0.141. The van der Waals surface area contributed by atoms with E-state index < -0.39 is 29.1 Å². The number of alkyl halides is 3. The van der Waals surface area contributed by atoms with E-state index in [2.05, 4.69) is 20.9 Å². The van der Waals surface area contributed by atoms with E-state index in [4.69, 9.17) is 5.41 Å². The molecule has 10 heteroatoms. The lowest BCUT2D eigenvalue weighted by atomic mass is 9.87. The maximum absolute atomic E-state index is 12.9. The molecule has 7 nitrogen and oxygen atoms in total. The van der Waals surface area contributed by atoms with Crippen molar-refractivity contribution < 1.29 is 23.1 Å². The molecule has 0 radical (unpaired) electrons. The molecule has 0 aromatic carbocycles. The van der Waals surface area contributed by atoms with Crippen molar-refractivity contribution in [3.8, 4) is 0 Å². The fourth-order valence-electron chi connectivity index (χ4n) is 2.86. The number of amides is 1. The molecule has 2 heterocycles. The van der Waals surface area contributed by atoms with Gasteiger partial charge in [0.15, 0.2) is 0 Å². The number of carbonyl (C=O) groups is 1. The van der Waals surface area contributed by atoms with Crippen LogP contribution in [0.5, 0.6) is 0 Å². The van der Waals surface area contributed by atoms with Crippen LogP contribution in [0, 0.1) is 5.41 Å². The van der Waals surface area contributed by atoms with Crippen molar-refractivity contribution in [2.75, 3.05) is 13.1 Å². The largest absolute Gasteiger partial charge is 0.433 e. The molecular formula is C20H22F3N5O2. The molecule has 160 valence electrons. The fourth-order valence-corrected chi connectivity index (χ4v) is 2.86. The van der Waals surface area contributed by atoms with Gasteiger partial charge in [0.1, 0.15) is 11.4 Å². The minimum absolute atomic E-state index is 0.127. The fraction of sp³-hybridized carbons (Fsp3) is 0.350. The van der Waals surface area contributed by atoms with Gasteiger partial charge in [-0.15, -0.1) is 0 Å². The number of rotatable bonds is 5. The Bertz CT molecular complexity index is 954. The summed E-state index contributed by atoms with van der Waals surface area (Å²) in [5, 5.41) is 27.4.